The SMILES string of the molecule is CCOC(=O)C[C@H]1CCC[C@@H](c2ccc(OC)cc2)O1. The summed E-state index contributed by atoms with van der Waals surface area (Å²) in [6, 6.07) is 7.92. The van der Waals surface area contributed by atoms with Crippen molar-refractivity contribution in [3.05, 3.63) is 29.8 Å². The Labute approximate surface area is 120 Å². The van der Waals surface area contributed by atoms with Crippen molar-refractivity contribution in [2.45, 2.75) is 44.8 Å². The fourth-order valence-electron chi connectivity index (χ4n) is 2.52. The van der Waals surface area contributed by atoms with Crippen molar-refractivity contribution in [2.24, 2.45) is 0 Å². The standard InChI is InChI=1S/C16H22O4/c1-3-19-16(17)11-14-5-4-6-15(20-14)12-7-9-13(18-2)10-8-12/h7-10,14-15H,3-6,11H2,1-2H3/t14-,15+/m1/s1. The van der Waals surface area contributed by atoms with Gasteiger partial charge in [-0.15, -0.1) is 0 Å². The number of carbonyl (C=O) groups is 1. The summed E-state index contributed by atoms with van der Waals surface area (Å²) in [5, 5.41) is 0. The molecular weight excluding hydrogens is 256 g/mol. The molecule has 1 heterocycles. The number of hydrogen-bond donors (Lipinski definition) is 0. The van der Waals surface area contributed by atoms with E-state index in [2.05, 4.69) is 0 Å². The van der Waals surface area contributed by atoms with Gasteiger partial charge in [-0.1, -0.05) is 12.1 Å². The second-order valence-corrected chi connectivity index (χ2v) is 4.96. The average Bonchev–Trinajstić information content (AvgIpc) is 2.48. The molecule has 1 aromatic carbocycles. The molecule has 110 valence electrons. The molecule has 2 atom stereocenters. The lowest BCUT2D eigenvalue weighted by Gasteiger charge is -2.30. The van der Waals surface area contributed by atoms with Crippen LogP contribution in [0.3, 0.4) is 0 Å². The summed E-state index contributed by atoms with van der Waals surface area (Å²) in [5.74, 6) is 0.667. The lowest BCUT2D eigenvalue weighted by atomic mass is 9.97. The molecule has 1 fully saturated rings. The van der Waals surface area contributed by atoms with E-state index in [0.29, 0.717) is 13.0 Å². The van der Waals surface area contributed by atoms with Crippen LogP contribution in [0, 0.1) is 0 Å². The number of benzene rings is 1. The molecule has 0 radical (unpaired) electrons. The maximum Gasteiger partial charge on any atom is 0.308 e. The topological polar surface area (TPSA) is 44.8 Å². The molecule has 4 nitrogen and oxygen atoms in total. The normalized spacial score (nSPS) is 22.3. The Morgan fingerprint density at radius 3 is 2.70 bits per heavy atom. The van der Waals surface area contributed by atoms with Gasteiger partial charge in [0.1, 0.15) is 5.75 Å². The van der Waals surface area contributed by atoms with Gasteiger partial charge in [0.25, 0.3) is 0 Å². The fourth-order valence-corrected chi connectivity index (χ4v) is 2.52. The molecule has 20 heavy (non-hydrogen) atoms. The molecule has 2 rings (SSSR count). The van der Waals surface area contributed by atoms with E-state index in [9.17, 15) is 4.79 Å². The van der Waals surface area contributed by atoms with Crippen molar-refractivity contribution in [1.82, 2.24) is 0 Å². The fraction of sp³-hybridized carbons (Fsp3) is 0.562. The highest BCUT2D eigenvalue weighted by Gasteiger charge is 2.25. The first kappa shape index (κ1) is 14.9. The largest absolute Gasteiger partial charge is 0.497 e. The first-order chi connectivity index (χ1) is 9.72. The predicted octanol–water partition coefficient (Wildman–Crippen LogP) is 3.26. The third kappa shape index (κ3) is 3.97. The second-order valence-electron chi connectivity index (χ2n) is 4.96. The molecule has 1 saturated heterocycles. The van der Waals surface area contributed by atoms with Crippen molar-refractivity contribution < 1.29 is 19.0 Å². The van der Waals surface area contributed by atoms with Crippen LogP contribution in [0.5, 0.6) is 5.75 Å². The van der Waals surface area contributed by atoms with E-state index < -0.39 is 0 Å². The monoisotopic (exact) mass is 278 g/mol. The summed E-state index contributed by atoms with van der Waals surface area (Å²) in [6.45, 7) is 2.24. The number of rotatable bonds is 5. The molecule has 1 aliphatic heterocycles. The molecule has 0 aliphatic carbocycles. The minimum atomic E-state index is -0.173. The molecule has 0 spiro atoms. The molecular formula is C16H22O4. The van der Waals surface area contributed by atoms with Crippen molar-refractivity contribution in [2.75, 3.05) is 13.7 Å². The quantitative estimate of drug-likeness (QED) is 0.775. The van der Waals surface area contributed by atoms with Crippen LogP contribution in [0.2, 0.25) is 0 Å². The zero-order valence-electron chi connectivity index (χ0n) is 12.1. The maximum absolute atomic E-state index is 11.5. The van der Waals surface area contributed by atoms with E-state index in [1.54, 1.807) is 7.11 Å². The lowest BCUT2D eigenvalue weighted by molar-refractivity contribution is -0.149. The van der Waals surface area contributed by atoms with Gasteiger partial charge in [0, 0.05) is 0 Å². The van der Waals surface area contributed by atoms with E-state index in [1.807, 2.05) is 31.2 Å². The molecule has 0 N–H and O–H groups in total. The smallest absolute Gasteiger partial charge is 0.308 e. The molecule has 1 aromatic rings. The first-order valence-corrected chi connectivity index (χ1v) is 7.18. The first-order valence-electron chi connectivity index (χ1n) is 7.18. The second kappa shape index (κ2) is 7.29. The van der Waals surface area contributed by atoms with Gasteiger partial charge in [0.05, 0.1) is 32.3 Å². The van der Waals surface area contributed by atoms with Crippen molar-refractivity contribution in [3.63, 3.8) is 0 Å². The highest BCUT2D eigenvalue weighted by Crippen LogP contribution is 2.33. The number of ether oxygens (including phenoxy) is 3. The summed E-state index contributed by atoms with van der Waals surface area (Å²) in [5.41, 5.74) is 1.14. The zero-order chi connectivity index (χ0) is 14.4. The van der Waals surface area contributed by atoms with Crippen LogP contribution >= 0.6 is 0 Å². The van der Waals surface area contributed by atoms with Gasteiger partial charge < -0.3 is 14.2 Å². The number of hydrogen-bond acceptors (Lipinski definition) is 4. The van der Waals surface area contributed by atoms with Crippen LogP contribution in [-0.2, 0) is 14.3 Å². The lowest BCUT2D eigenvalue weighted by Crippen LogP contribution is -2.25. The Morgan fingerprint density at radius 1 is 1.30 bits per heavy atom. The van der Waals surface area contributed by atoms with Crippen LogP contribution in [0.15, 0.2) is 24.3 Å². The van der Waals surface area contributed by atoms with E-state index >= 15 is 0 Å². The minimum Gasteiger partial charge on any atom is -0.497 e. The predicted molar refractivity (Wildman–Crippen MR) is 75.7 cm³/mol. The molecule has 0 aromatic heterocycles. The number of carbonyl (C=O) groups excluding carboxylic acids is 1. The van der Waals surface area contributed by atoms with Crippen molar-refractivity contribution in [3.8, 4) is 5.75 Å². The minimum absolute atomic E-state index is 0.0325. The van der Waals surface area contributed by atoms with Gasteiger partial charge in [-0.2, -0.15) is 0 Å². The Morgan fingerprint density at radius 2 is 2.05 bits per heavy atom. The summed E-state index contributed by atoms with van der Waals surface area (Å²) in [6.07, 6.45) is 3.36. The molecule has 1 aliphatic rings. The Kier molecular flexibility index (Phi) is 5.41. The third-order valence-corrected chi connectivity index (χ3v) is 3.54. The van der Waals surface area contributed by atoms with Crippen LogP contribution in [0.25, 0.3) is 0 Å². The van der Waals surface area contributed by atoms with Gasteiger partial charge in [-0.3, -0.25) is 4.79 Å². The van der Waals surface area contributed by atoms with Crippen molar-refractivity contribution >= 4 is 5.97 Å². The van der Waals surface area contributed by atoms with Gasteiger partial charge in [-0.05, 0) is 43.9 Å². The highest BCUT2D eigenvalue weighted by molar-refractivity contribution is 5.69. The number of methoxy groups -OCH3 is 1. The van der Waals surface area contributed by atoms with Crippen LogP contribution in [-0.4, -0.2) is 25.8 Å². The van der Waals surface area contributed by atoms with E-state index in [0.717, 1.165) is 30.6 Å². The van der Waals surface area contributed by atoms with Gasteiger partial charge in [0.15, 0.2) is 0 Å². The Balaban J connectivity index is 1.93. The van der Waals surface area contributed by atoms with Crippen molar-refractivity contribution in [1.29, 1.82) is 0 Å². The van der Waals surface area contributed by atoms with E-state index in [-0.39, 0.29) is 18.2 Å². The van der Waals surface area contributed by atoms with Crippen LogP contribution in [0.1, 0.15) is 44.3 Å². The molecule has 0 unspecified atom stereocenters. The van der Waals surface area contributed by atoms with E-state index in [4.69, 9.17) is 14.2 Å². The van der Waals surface area contributed by atoms with Gasteiger partial charge >= 0.3 is 5.97 Å². The van der Waals surface area contributed by atoms with Crippen LogP contribution in [0.4, 0.5) is 0 Å². The van der Waals surface area contributed by atoms with Gasteiger partial charge in [0.2, 0.25) is 0 Å². The summed E-state index contributed by atoms with van der Waals surface area (Å²) >= 11 is 0. The Hall–Kier alpha value is -1.55. The number of esters is 1. The molecule has 4 heteroatoms. The van der Waals surface area contributed by atoms with Crippen LogP contribution < -0.4 is 4.74 Å². The summed E-state index contributed by atoms with van der Waals surface area (Å²) in [4.78, 5) is 11.5. The summed E-state index contributed by atoms with van der Waals surface area (Å²) in [7, 11) is 1.65. The Bertz CT molecular complexity index is 427. The zero-order valence-corrected chi connectivity index (χ0v) is 12.1. The molecule has 0 bridgehead atoms. The summed E-state index contributed by atoms with van der Waals surface area (Å²) < 4.78 is 16.2. The van der Waals surface area contributed by atoms with Gasteiger partial charge in [-0.25, -0.2) is 0 Å². The maximum atomic E-state index is 11.5. The highest BCUT2D eigenvalue weighted by atomic mass is 16.5. The molecule has 0 saturated carbocycles. The third-order valence-electron chi connectivity index (χ3n) is 3.54. The average molecular weight is 278 g/mol. The van der Waals surface area contributed by atoms with E-state index in [1.165, 1.54) is 0 Å². The molecule has 0 amide bonds.